The SMILES string of the molecule is COc1cc(-c2c3c(OCc4ccccc4)cc(Br)cc3nn2C)cc(OC(F)F)c1C(=O)N[C@@H]1C[C@@H]1F. The summed E-state index contributed by atoms with van der Waals surface area (Å²) in [6, 6.07) is 15.4. The summed E-state index contributed by atoms with van der Waals surface area (Å²) >= 11 is 3.49. The number of fused-ring (bicyclic) bond motifs is 1. The fraction of sp³-hybridized carbons (Fsp3) is 0.259. The Morgan fingerprint density at radius 3 is 2.53 bits per heavy atom. The number of hydrogen-bond acceptors (Lipinski definition) is 5. The van der Waals surface area contributed by atoms with Crippen LogP contribution in [-0.4, -0.2) is 41.6 Å². The van der Waals surface area contributed by atoms with E-state index in [0.29, 0.717) is 34.5 Å². The molecule has 1 amide bonds. The van der Waals surface area contributed by atoms with Gasteiger partial charge in [-0.3, -0.25) is 9.48 Å². The van der Waals surface area contributed by atoms with Gasteiger partial charge in [0.05, 0.1) is 29.7 Å². The largest absolute Gasteiger partial charge is 0.496 e. The second-order valence-electron chi connectivity index (χ2n) is 8.81. The lowest BCUT2D eigenvalue weighted by Crippen LogP contribution is -2.28. The number of carbonyl (C=O) groups is 1. The molecule has 7 nitrogen and oxygen atoms in total. The van der Waals surface area contributed by atoms with Gasteiger partial charge in [0.25, 0.3) is 5.91 Å². The molecule has 1 fully saturated rings. The second kappa shape index (κ2) is 10.6. The smallest absolute Gasteiger partial charge is 0.387 e. The van der Waals surface area contributed by atoms with E-state index in [4.69, 9.17) is 14.2 Å². The molecule has 0 spiro atoms. The van der Waals surface area contributed by atoms with E-state index in [1.165, 1.54) is 19.2 Å². The Morgan fingerprint density at radius 2 is 1.87 bits per heavy atom. The Labute approximate surface area is 224 Å². The van der Waals surface area contributed by atoms with E-state index in [1.807, 2.05) is 36.4 Å². The van der Waals surface area contributed by atoms with Crippen molar-refractivity contribution < 1.29 is 32.2 Å². The molecule has 3 aromatic carbocycles. The second-order valence-corrected chi connectivity index (χ2v) is 9.72. The quantitative estimate of drug-likeness (QED) is 0.258. The third-order valence-corrected chi connectivity index (χ3v) is 6.59. The number of benzene rings is 3. The van der Waals surface area contributed by atoms with E-state index in [9.17, 15) is 18.0 Å². The molecule has 1 aromatic heterocycles. The Balaban J connectivity index is 1.62. The third kappa shape index (κ3) is 5.28. The summed E-state index contributed by atoms with van der Waals surface area (Å²) in [7, 11) is 3.02. The lowest BCUT2D eigenvalue weighted by atomic mass is 10.0. The van der Waals surface area contributed by atoms with Crippen molar-refractivity contribution in [3.05, 3.63) is 70.2 Å². The molecule has 11 heteroatoms. The van der Waals surface area contributed by atoms with Crippen LogP contribution < -0.4 is 19.5 Å². The molecule has 1 heterocycles. The van der Waals surface area contributed by atoms with Gasteiger partial charge in [0.1, 0.15) is 35.6 Å². The van der Waals surface area contributed by atoms with Gasteiger partial charge in [0, 0.05) is 23.5 Å². The molecule has 0 bridgehead atoms. The Morgan fingerprint density at radius 1 is 1.16 bits per heavy atom. The molecule has 1 aliphatic rings. The molecule has 2 atom stereocenters. The van der Waals surface area contributed by atoms with Crippen molar-refractivity contribution in [1.82, 2.24) is 15.1 Å². The number of halogens is 4. The van der Waals surface area contributed by atoms with Gasteiger partial charge >= 0.3 is 6.61 Å². The molecule has 0 unspecified atom stereocenters. The summed E-state index contributed by atoms with van der Waals surface area (Å²) in [6.07, 6.45) is -1.00. The minimum Gasteiger partial charge on any atom is -0.496 e. The zero-order valence-electron chi connectivity index (χ0n) is 20.4. The van der Waals surface area contributed by atoms with Gasteiger partial charge in [0.15, 0.2) is 0 Å². The van der Waals surface area contributed by atoms with Gasteiger partial charge in [-0.15, -0.1) is 0 Å². The van der Waals surface area contributed by atoms with Crippen molar-refractivity contribution in [2.24, 2.45) is 7.05 Å². The molecule has 4 aromatic rings. The van der Waals surface area contributed by atoms with Crippen molar-refractivity contribution in [3.8, 4) is 28.5 Å². The number of ether oxygens (including phenoxy) is 3. The predicted molar refractivity (Wildman–Crippen MR) is 139 cm³/mol. The predicted octanol–water partition coefficient (Wildman–Crippen LogP) is 6.03. The van der Waals surface area contributed by atoms with Crippen molar-refractivity contribution in [2.45, 2.75) is 31.9 Å². The number of amides is 1. The number of aromatic nitrogens is 2. The van der Waals surface area contributed by atoms with Crippen LogP contribution in [0, 0.1) is 0 Å². The van der Waals surface area contributed by atoms with Crippen LogP contribution in [0.2, 0.25) is 0 Å². The van der Waals surface area contributed by atoms with Crippen LogP contribution in [0.1, 0.15) is 22.3 Å². The van der Waals surface area contributed by atoms with Crippen LogP contribution >= 0.6 is 15.9 Å². The molecule has 38 heavy (non-hydrogen) atoms. The highest BCUT2D eigenvalue weighted by Gasteiger charge is 2.40. The molecular weight excluding hydrogens is 567 g/mol. The first kappa shape index (κ1) is 25.9. The van der Waals surface area contributed by atoms with Crippen LogP contribution in [0.5, 0.6) is 17.2 Å². The Hall–Kier alpha value is -3.73. The maximum Gasteiger partial charge on any atom is 0.387 e. The van der Waals surface area contributed by atoms with Crippen LogP contribution in [0.4, 0.5) is 13.2 Å². The van der Waals surface area contributed by atoms with Crippen LogP contribution in [0.25, 0.3) is 22.2 Å². The van der Waals surface area contributed by atoms with E-state index in [-0.39, 0.29) is 17.7 Å². The number of alkyl halides is 3. The lowest BCUT2D eigenvalue weighted by molar-refractivity contribution is -0.0502. The molecule has 0 radical (unpaired) electrons. The number of nitrogens with one attached hydrogen (secondary N) is 1. The average molecular weight is 590 g/mol. The fourth-order valence-electron chi connectivity index (χ4n) is 4.29. The van der Waals surface area contributed by atoms with Gasteiger partial charge in [0.2, 0.25) is 0 Å². The maximum absolute atomic E-state index is 13.4. The lowest BCUT2D eigenvalue weighted by Gasteiger charge is -2.17. The summed E-state index contributed by atoms with van der Waals surface area (Å²) in [5.41, 5.74) is 2.25. The number of rotatable bonds is 9. The third-order valence-electron chi connectivity index (χ3n) is 6.13. The molecule has 198 valence electrons. The maximum atomic E-state index is 13.4. The fourth-order valence-corrected chi connectivity index (χ4v) is 4.72. The number of hydrogen-bond donors (Lipinski definition) is 1. The van der Waals surface area contributed by atoms with Gasteiger partial charge in [-0.2, -0.15) is 13.9 Å². The first-order valence-electron chi connectivity index (χ1n) is 11.7. The summed E-state index contributed by atoms with van der Waals surface area (Å²) in [6.45, 7) is -2.92. The van der Waals surface area contributed by atoms with Gasteiger partial charge in [-0.25, -0.2) is 4.39 Å². The Kier molecular flexibility index (Phi) is 7.20. The standard InChI is InChI=1S/C27H23BrF3N3O4/c1-34-25(23-19(33-34)10-16(28)11-21(23)37-13-14-6-4-3-5-7-14)15-8-20(36-2)24(22(9-15)38-27(30)31)26(35)32-18-12-17(18)29/h3-11,17-18,27H,12-13H2,1-2H3,(H,32,35)/t17-,18+/m0/s1. The summed E-state index contributed by atoms with van der Waals surface area (Å²) < 4.78 is 58.9. The van der Waals surface area contributed by atoms with Gasteiger partial charge < -0.3 is 19.5 Å². The first-order valence-corrected chi connectivity index (χ1v) is 12.5. The topological polar surface area (TPSA) is 74.6 Å². The Bertz CT molecular complexity index is 1500. The normalized spacial score (nSPS) is 16.5. The highest BCUT2D eigenvalue weighted by Crippen LogP contribution is 2.42. The molecule has 1 N–H and O–H groups in total. The van der Waals surface area contributed by atoms with E-state index in [2.05, 4.69) is 26.3 Å². The van der Waals surface area contributed by atoms with E-state index in [0.717, 1.165) is 10.0 Å². The molecule has 1 saturated carbocycles. The van der Waals surface area contributed by atoms with E-state index >= 15 is 0 Å². The van der Waals surface area contributed by atoms with Gasteiger partial charge in [-0.05, 0) is 29.8 Å². The molecule has 1 aliphatic carbocycles. The number of carbonyl (C=O) groups excluding carboxylic acids is 1. The van der Waals surface area contributed by atoms with Crippen molar-refractivity contribution >= 4 is 32.7 Å². The van der Waals surface area contributed by atoms with Gasteiger partial charge in [-0.1, -0.05) is 46.3 Å². The van der Waals surface area contributed by atoms with Crippen LogP contribution in [-0.2, 0) is 13.7 Å². The summed E-state index contributed by atoms with van der Waals surface area (Å²) in [4.78, 5) is 12.9. The average Bonchev–Trinajstić information content (AvgIpc) is 3.46. The van der Waals surface area contributed by atoms with E-state index in [1.54, 1.807) is 17.8 Å². The monoisotopic (exact) mass is 589 g/mol. The van der Waals surface area contributed by atoms with Crippen LogP contribution in [0.3, 0.4) is 0 Å². The summed E-state index contributed by atoms with van der Waals surface area (Å²) in [5, 5.41) is 7.70. The number of nitrogens with zero attached hydrogens (tertiary/aromatic N) is 2. The molecular formula is C27H23BrF3N3O4. The van der Waals surface area contributed by atoms with Crippen molar-refractivity contribution in [2.75, 3.05) is 7.11 Å². The first-order chi connectivity index (χ1) is 18.2. The highest BCUT2D eigenvalue weighted by molar-refractivity contribution is 9.10. The zero-order valence-corrected chi connectivity index (χ0v) is 22.0. The van der Waals surface area contributed by atoms with E-state index < -0.39 is 30.5 Å². The molecule has 0 saturated heterocycles. The number of methoxy groups -OCH3 is 1. The minimum atomic E-state index is -3.21. The van der Waals surface area contributed by atoms with Crippen molar-refractivity contribution in [3.63, 3.8) is 0 Å². The molecule has 5 rings (SSSR count). The van der Waals surface area contributed by atoms with Crippen molar-refractivity contribution in [1.29, 1.82) is 0 Å². The zero-order chi connectivity index (χ0) is 27.0. The molecule has 0 aliphatic heterocycles. The minimum absolute atomic E-state index is 0.00933. The highest BCUT2D eigenvalue weighted by atomic mass is 79.9. The summed E-state index contributed by atoms with van der Waals surface area (Å²) in [5.74, 6) is -0.660. The van der Waals surface area contributed by atoms with Crippen LogP contribution in [0.15, 0.2) is 59.1 Å². The number of aryl methyl sites for hydroxylation is 1.